The monoisotopic (exact) mass is 261 g/mol. The summed E-state index contributed by atoms with van der Waals surface area (Å²) in [4.78, 5) is 2.18. The Balaban J connectivity index is 3.42. The van der Waals surface area contributed by atoms with Crippen LogP contribution < -0.4 is 0 Å². The summed E-state index contributed by atoms with van der Waals surface area (Å²) in [5.74, 6) is 0.425. The van der Waals surface area contributed by atoms with Crippen LogP contribution >= 0.6 is 0 Å². The number of nitrogens with zero attached hydrogens (tertiary/aromatic N) is 1. The van der Waals surface area contributed by atoms with E-state index in [0.29, 0.717) is 5.75 Å². The number of aromatic hydroxyl groups is 1. The van der Waals surface area contributed by atoms with Crippen LogP contribution in [0, 0.1) is 6.92 Å². The van der Waals surface area contributed by atoms with Crippen molar-refractivity contribution in [3.63, 3.8) is 0 Å². The third-order valence-corrected chi connectivity index (χ3v) is 3.40. The van der Waals surface area contributed by atoms with Crippen LogP contribution in [-0.2, 0) is 5.41 Å². The van der Waals surface area contributed by atoms with E-state index in [4.69, 9.17) is 0 Å². The van der Waals surface area contributed by atoms with Gasteiger partial charge in [0.1, 0.15) is 5.75 Å². The normalized spacial score (nSPS) is 14.3. The fraction of sp³-hybridized carbons (Fsp3) is 0.529. The molecule has 0 fully saturated rings. The number of allylic oxidation sites excluding steroid dienone is 1. The minimum Gasteiger partial charge on any atom is -0.507 e. The van der Waals surface area contributed by atoms with Gasteiger partial charge in [0.2, 0.25) is 0 Å². The molecule has 1 N–H and O–H groups in total. The SMILES string of the molecule is C/C=C/C(c1cc(C)c(O)c(C(C)(C)C)c1)N(C)C. The third kappa shape index (κ3) is 3.60. The van der Waals surface area contributed by atoms with Gasteiger partial charge in [-0.05, 0) is 56.1 Å². The maximum Gasteiger partial charge on any atom is 0.122 e. The number of phenols is 1. The summed E-state index contributed by atoms with van der Waals surface area (Å²) in [5.41, 5.74) is 3.12. The predicted octanol–water partition coefficient (Wildman–Crippen LogP) is 4.18. The molecule has 1 aromatic carbocycles. The molecular formula is C17H27NO. The highest BCUT2D eigenvalue weighted by Crippen LogP contribution is 2.36. The second-order valence-electron chi connectivity index (χ2n) is 6.42. The van der Waals surface area contributed by atoms with Gasteiger partial charge in [0.25, 0.3) is 0 Å². The van der Waals surface area contributed by atoms with E-state index in [0.717, 1.165) is 11.1 Å². The molecule has 1 unspecified atom stereocenters. The number of likely N-dealkylation sites (N-methyl/N-ethyl adjacent to an activating group) is 1. The lowest BCUT2D eigenvalue weighted by molar-refractivity contribution is 0.349. The maximum absolute atomic E-state index is 10.3. The lowest BCUT2D eigenvalue weighted by atomic mass is 9.83. The number of aryl methyl sites for hydroxylation is 1. The van der Waals surface area contributed by atoms with Crippen molar-refractivity contribution in [2.24, 2.45) is 0 Å². The molecule has 0 heterocycles. The molecule has 0 saturated carbocycles. The van der Waals surface area contributed by atoms with Crippen LogP contribution in [-0.4, -0.2) is 24.1 Å². The molecule has 2 heteroatoms. The van der Waals surface area contributed by atoms with Crippen molar-refractivity contribution < 1.29 is 5.11 Å². The Morgan fingerprint density at radius 3 is 2.21 bits per heavy atom. The Kier molecular flexibility index (Phi) is 4.81. The zero-order valence-corrected chi connectivity index (χ0v) is 13.3. The van der Waals surface area contributed by atoms with Crippen molar-refractivity contribution in [2.75, 3.05) is 14.1 Å². The molecule has 1 rings (SSSR count). The van der Waals surface area contributed by atoms with E-state index in [-0.39, 0.29) is 11.5 Å². The molecular weight excluding hydrogens is 234 g/mol. The molecule has 0 amide bonds. The third-order valence-electron chi connectivity index (χ3n) is 3.40. The van der Waals surface area contributed by atoms with Crippen molar-refractivity contribution in [3.05, 3.63) is 41.0 Å². The van der Waals surface area contributed by atoms with Gasteiger partial charge in [-0.25, -0.2) is 0 Å². The smallest absolute Gasteiger partial charge is 0.122 e. The molecule has 0 aliphatic rings. The van der Waals surface area contributed by atoms with E-state index in [2.05, 4.69) is 64.1 Å². The molecule has 0 spiro atoms. The molecule has 0 bridgehead atoms. The van der Waals surface area contributed by atoms with Gasteiger partial charge in [-0.15, -0.1) is 0 Å². The van der Waals surface area contributed by atoms with Gasteiger partial charge in [-0.3, -0.25) is 4.90 Å². The quantitative estimate of drug-likeness (QED) is 0.825. The van der Waals surface area contributed by atoms with Crippen LogP contribution in [0.25, 0.3) is 0 Å². The van der Waals surface area contributed by atoms with Crippen LogP contribution in [0.3, 0.4) is 0 Å². The lowest BCUT2D eigenvalue weighted by Gasteiger charge is -2.27. The summed E-state index contributed by atoms with van der Waals surface area (Å²) >= 11 is 0. The molecule has 2 nitrogen and oxygen atoms in total. The first kappa shape index (κ1) is 15.8. The Morgan fingerprint density at radius 1 is 1.21 bits per heavy atom. The summed E-state index contributed by atoms with van der Waals surface area (Å²) in [6, 6.07) is 4.45. The first-order chi connectivity index (χ1) is 8.68. The summed E-state index contributed by atoms with van der Waals surface area (Å²) in [5, 5.41) is 10.3. The van der Waals surface area contributed by atoms with E-state index in [1.165, 1.54) is 5.56 Å². The minimum atomic E-state index is -0.0579. The molecule has 1 atom stereocenters. The molecule has 0 aliphatic carbocycles. The summed E-state index contributed by atoms with van der Waals surface area (Å²) < 4.78 is 0. The maximum atomic E-state index is 10.3. The fourth-order valence-corrected chi connectivity index (χ4v) is 2.31. The van der Waals surface area contributed by atoms with Crippen LogP contribution in [0.4, 0.5) is 0 Å². The highest BCUT2D eigenvalue weighted by Gasteiger charge is 2.22. The highest BCUT2D eigenvalue weighted by atomic mass is 16.3. The van der Waals surface area contributed by atoms with Gasteiger partial charge >= 0.3 is 0 Å². The Labute approximate surface area is 117 Å². The molecule has 0 saturated heterocycles. The van der Waals surface area contributed by atoms with Crippen molar-refractivity contribution >= 4 is 0 Å². The second kappa shape index (κ2) is 5.79. The summed E-state index contributed by atoms with van der Waals surface area (Å²) in [7, 11) is 4.15. The minimum absolute atomic E-state index is 0.0579. The predicted molar refractivity (Wildman–Crippen MR) is 82.8 cm³/mol. The number of phenolic OH excluding ortho intramolecular Hbond substituents is 1. The fourth-order valence-electron chi connectivity index (χ4n) is 2.31. The molecule has 19 heavy (non-hydrogen) atoms. The molecule has 0 aromatic heterocycles. The topological polar surface area (TPSA) is 23.5 Å². The average molecular weight is 261 g/mol. The Morgan fingerprint density at radius 2 is 1.79 bits per heavy atom. The first-order valence-electron chi connectivity index (χ1n) is 6.81. The van der Waals surface area contributed by atoms with Crippen LogP contribution in [0.15, 0.2) is 24.3 Å². The standard InChI is InChI=1S/C17H27NO/c1-8-9-15(18(6)7)13-10-12(2)16(19)14(11-13)17(3,4)5/h8-11,15,19H,1-7H3/b9-8+. The van der Waals surface area contributed by atoms with Gasteiger partial charge in [0, 0.05) is 0 Å². The van der Waals surface area contributed by atoms with E-state index in [9.17, 15) is 5.11 Å². The highest BCUT2D eigenvalue weighted by molar-refractivity contribution is 5.47. The van der Waals surface area contributed by atoms with Crippen LogP contribution in [0.2, 0.25) is 0 Å². The van der Waals surface area contributed by atoms with E-state index in [1.54, 1.807) is 0 Å². The second-order valence-corrected chi connectivity index (χ2v) is 6.42. The molecule has 1 aromatic rings. The number of hydrogen-bond acceptors (Lipinski definition) is 2. The summed E-state index contributed by atoms with van der Waals surface area (Å²) in [6.45, 7) is 10.4. The van der Waals surface area contributed by atoms with E-state index >= 15 is 0 Å². The summed E-state index contributed by atoms with van der Waals surface area (Å²) in [6.07, 6.45) is 4.25. The van der Waals surface area contributed by atoms with Gasteiger partial charge in [0.05, 0.1) is 6.04 Å². The van der Waals surface area contributed by atoms with Crippen molar-refractivity contribution in [2.45, 2.75) is 46.1 Å². The van der Waals surface area contributed by atoms with Gasteiger partial charge in [-0.1, -0.05) is 39.0 Å². The molecule has 0 aliphatic heterocycles. The van der Waals surface area contributed by atoms with E-state index < -0.39 is 0 Å². The van der Waals surface area contributed by atoms with Crippen LogP contribution in [0.1, 0.15) is 50.4 Å². The number of hydrogen-bond donors (Lipinski definition) is 1. The van der Waals surface area contributed by atoms with Gasteiger partial charge in [0.15, 0.2) is 0 Å². The zero-order valence-electron chi connectivity index (χ0n) is 13.3. The zero-order chi connectivity index (χ0) is 14.8. The molecule has 0 radical (unpaired) electrons. The van der Waals surface area contributed by atoms with Crippen molar-refractivity contribution in [1.82, 2.24) is 4.90 Å². The van der Waals surface area contributed by atoms with Crippen molar-refractivity contribution in [3.8, 4) is 5.75 Å². The largest absolute Gasteiger partial charge is 0.507 e. The molecule has 106 valence electrons. The van der Waals surface area contributed by atoms with Gasteiger partial charge in [-0.2, -0.15) is 0 Å². The average Bonchev–Trinajstić information content (AvgIpc) is 2.27. The van der Waals surface area contributed by atoms with Crippen molar-refractivity contribution in [1.29, 1.82) is 0 Å². The number of benzene rings is 1. The Hall–Kier alpha value is -1.28. The van der Waals surface area contributed by atoms with Gasteiger partial charge < -0.3 is 5.11 Å². The first-order valence-corrected chi connectivity index (χ1v) is 6.81. The number of rotatable bonds is 3. The van der Waals surface area contributed by atoms with Crippen LogP contribution in [0.5, 0.6) is 5.75 Å². The van der Waals surface area contributed by atoms with E-state index in [1.807, 2.05) is 13.8 Å². The lowest BCUT2D eigenvalue weighted by Crippen LogP contribution is -2.20. The Bertz CT molecular complexity index is 467.